The summed E-state index contributed by atoms with van der Waals surface area (Å²) in [6.45, 7) is 2.88. The zero-order valence-corrected chi connectivity index (χ0v) is 16.0. The monoisotopic (exact) mass is 376 g/mol. The molecule has 144 valence electrons. The first kappa shape index (κ1) is 18.4. The van der Waals surface area contributed by atoms with Gasteiger partial charge in [-0.2, -0.15) is 0 Å². The first-order valence-electron chi connectivity index (χ1n) is 9.58. The molecule has 1 aliphatic rings. The molecule has 1 saturated heterocycles. The van der Waals surface area contributed by atoms with Crippen molar-refractivity contribution in [3.63, 3.8) is 0 Å². The second-order valence-electron chi connectivity index (χ2n) is 7.16. The van der Waals surface area contributed by atoms with Crippen LogP contribution in [0.1, 0.15) is 30.0 Å². The zero-order chi connectivity index (χ0) is 19.3. The Morgan fingerprint density at radius 1 is 1.18 bits per heavy atom. The van der Waals surface area contributed by atoms with E-state index in [1.807, 2.05) is 24.3 Å². The van der Waals surface area contributed by atoms with E-state index in [9.17, 15) is 4.79 Å². The lowest BCUT2D eigenvalue weighted by molar-refractivity contribution is 0.203. The number of ether oxygens (including phenoxy) is 1. The molecule has 6 heteroatoms. The average molecular weight is 376 g/mol. The maximum Gasteiger partial charge on any atom is 0.251 e. The van der Waals surface area contributed by atoms with Gasteiger partial charge >= 0.3 is 0 Å². The van der Waals surface area contributed by atoms with Crippen LogP contribution in [0.2, 0.25) is 0 Å². The standard InChI is InChI=1S/C22H24N4O2/c1-28-19-6-2-4-16(12-19)15-26-10-7-17(8-11-26)20-13-21(27)25-22(24-20)18-5-3-9-23-14-18/h2-6,9,12-14,17H,7-8,10-11,15H2,1H3,(H,24,25,27). The predicted molar refractivity (Wildman–Crippen MR) is 108 cm³/mol. The SMILES string of the molecule is COc1cccc(CN2CCC(c3cc(=O)[nH]c(-c4cccnc4)n3)CC2)c1. The average Bonchev–Trinajstić information content (AvgIpc) is 2.74. The fraction of sp³-hybridized carbons (Fsp3) is 0.318. The lowest BCUT2D eigenvalue weighted by atomic mass is 9.93. The molecule has 0 radical (unpaired) electrons. The first-order valence-corrected chi connectivity index (χ1v) is 9.58. The highest BCUT2D eigenvalue weighted by Gasteiger charge is 2.22. The molecule has 4 rings (SSSR count). The van der Waals surface area contributed by atoms with Gasteiger partial charge in [-0.25, -0.2) is 4.98 Å². The molecule has 0 unspecified atom stereocenters. The van der Waals surface area contributed by atoms with Gasteiger partial charge < -0.3 is 9.72 Å². The van der Waals surface area contributed by atoms with Crippen molar-refractivity contribution >= 4 is 0 Å². The minimum Gasteiger partial charge on any atom is -0.497 e. The highest BCUT2D eigenvalue weighted by Crippen LogP contribution is 2.28. The van der Waals surface area contributed by atoms with Gasteiger partial charge in [0.1, 0.15) is 11.6 Å². The van der Waals surface area contributed by atoms with Crippen molar-refractivity contribution in [1.29, 1.82) is 0 Å². The van der Waals surface area contributed by atoms with Crippen molar-refractivity contribution in [2.24, 2.45) is 0 Å². The zero-order valence-electron chi connectivity index (χ0n) is 16.0. The number of H-pyrrole nitrogens is 1. The topological polar surface area (TPSA) is 71.1 Å². The van der Waals surface area contributed by atoms with E-state index >= 15 is 0 Å². The first-order chi connectivity index (χ1) is 13.7. The van der Waals surface area contributed by atoms with Crippen molar-refractivity contribution in [2.45, 2.75) is 25.3 Å². The lowest BCUT2D eigenvalue weighted by Gasteiger charge is -2.31. The summed E-state index contributed by atoms with van der Waals surface area (Å²) in [7, 11) is 1.69. The number of aromatic amines is 1. The van der Waals surface area contributed by atoms with Gasteiger partial charge in [0.05, 0.1) is 12.8 Å². The fourth-order valence-electron chi connectivity index (χ4n) is 3.74. The Morgan fingerprint density at radius 2 is 2.04 bits per heavy atom. The van der Waals surface area contributed by atoms with Gasteiger partial charge in [0, 0.05) is 36.5 Å². The molecule has 3 aromatic rings. The summed E-state index contributed by atoms with van der Waals surface area (Å²) in [5.74, 6) is 1.79. The molecule has 1 N–H and O–H groups in total. The summed E-state index contributed by atoms with van der Waals surface area (Å²) < 4.78 is 5.31. The quantitative estimate of drug-likeness (QED) is 0.740. The molecule has 0 spiro atoms. The highest BCUT2D eigenvalue weighted by atomic mass is 16.5. The maximum atomic E-state index is 12.2. The Kier molecular flexibility index (Phi) is 5.48. The van der Waals surface area contributed by atoms with E-state index in [0.717, 1.165) is 49.5 Å². The minimum absolute atomic E-state index is 0.109. The van der Waals surface area contributed by atoms with E-state index in [2.05, 4.69) is 27.0 Å². The molecule has 2 aromatic heterocycles. The summed E-state index contributed by atoms with van der Waals surface area (Å²) in [5, 5.41) is 0. The number of nitrogens with zero attached hydrogens (tertiary/aromatic N) is 3. The molecule has 1 aliphatic heterocycles. The van der Waals surface area contributed by atoms with Crippen LogP contribution in [0.3, 0.4) is 0 Å². The summed E-state index contributed by atoms with van der Waals surface area (Å²) in [6, 6.07) is 13.6. The van der Waals surface area contributed by atoms with Crippen LogP contribution in [0.25, 0.3) is 11.4 Å². The fourth-order valence-corrected chi connectivity index (χ4v) is 3.74. The van der Waals surface area contributed by atoms with Gasteiger partial charge in [0.25, 0.3) is 5.56 Å². The van der Waals surface area contributed by atoms with Crippen molar-refractivity contribution in [3.8, 4) is 17.1 Å². The van der Waals surface area contributed by atoms with Crippen LogP contribution in [0, 0.1) is 0 Å². The number of pyridine rings is 1. The Hall–Kier alpha value is -2.99. The van der Waals surface area contributed by atoms with Gasteiger partial charge in [0.2, 0.25) is 0 Å². The van der Waals surface area contributed by atoms with Crippen molar-refractivity contribution in [1.82, 2.24) is 19.9 Å². The summed E-state index contributed by atoms with van der Waals surface area (Å²) in [6.07, 6.45) is 5.42. The van der Waals surface area contributed by atoms with E-state index in [1.165, 1.54) is 5.56 Å². The maximum absolute atomic E-state index is 12.2. The van der Waals surface area contributed by atoms with Crippen LogP contribution < -0.4 is 10.3 Å². The van der Waals surface area contributed by atoms with Crippen LogP contribution in [0.5, 0.6) is 5.75 Å². The molecule has 0 bridgehead atoms. The Bertz CT molecular complexity index is 979. The van der Waals surface area contributed by atoms with E-state index < -0.39 is 0 Å². The van der Waals surface area contributed by atoms with Gasteiger partial charge in [-0.3, -0.25) is 14.7 Å². The van der Waals surface area contributed by atoms with E-state index in [1.54, 1.807) is 25.6 Å². The Balaban J connectivity index is 1.44. The lowest BCUT2D eigenvalue weighted by Crippen LogP contribution is -2.33. The minimum atomic E-state index is -0.109. The normalized spacial score (nSPS) is 15.5. The smallest absolute Gasteiger partial charge is 0.251 e. The third kappa shape index (κ3) is 4.28. The number of nitrogens with one attached hydrogen (secondary N) is 1. The van der Waals surface area contributed by atoms with E-state index in [4.69, 9.17) is 9.72 Å². The molecule has 0 atom stereocenters. The molecule has 3 heterocycles. The van der Waals surface area contributed by atoms with E-state index in [0.29, 0.717) is 11.7 Å². The van der Waals surface area contributed by atoms with Crippen molar-refractivity contribution in [2.75, 3.05) is 20.2 Å². The second-order valence-corrected chi connectivity index (χ2v) is 7.16. The van der Waals surface area contributed by atoms with Crippen LogP contribution in [0.4, 0.5) is 0 Å². The van der Waals surface area contributed by atoms with Crippen LogP contribution in [-0.4, -0.2) is 40.1 Å². The number of likely N-dealkylation sites (tertiary alicyclic amines) is 1. The number of benzene rings is 1. The number of piperidine rings is 1. The Morgan fingerprint density at radius 3 is 2.79 bits per heavy atom. The van der Waals surface area contributed by atoms with Gasteiger partial charge in [-0.05, 0) is 55.8 Å². The molecule has 6 nitrogen and oxygen atoms in total. The molecule has 1 fully saturated rings. The summed E-state index contributed by atoms with van der Waals surface area (Å²) in [5.41, 5.74) is 2.86. The van der Waals surface area contributed by atoms with Gasteiger partial charge in [-0.1, -0.05) is 12.1 Å². The highest BCUT2D eigenvalue weighted by molar-refractivity contribution is 5.52. The van der Waals surface area contributed by atoms with Gasteiger partial charge in [-0.15, -0.1) is 0 Å². The third-order valence-corrected chi connectivity index (χ3v) is 5.24. The molecule has 1 aromatic carbocycles. The van der Waals surface area contributed by atoms with Crippen molar-refractivity contribution < 1.29 is 4.74 Å². The third-order valence-electron chi connectivity index (χ3n) is 5.24. The number of aromatic nitrogens is 3. The predicted octanol–water partition coefficient (Wildman–Crippen LogP) is 3.22. The number of methoxy groups -OCH3 is 1. The second kappa shape index (κ2) is 8.35. The number of hydrogen-bond acceptors (Lipinski definition) is 5. The van der Waals surface area contributed by atoms with Gasteiger partial charge in [0.15, 0.2) is 0 Å². The Labute approximate surface area is 164 Å². The van der Waals surface area contributed by atoms with E-state index in [-0.39, 0.29) is 5.56 Å². The summed E-state index contributed by atoms with van der Waals surface area (Å²) >= 11 is 0. The van der Waals surface area contributed by atoms with Crippen LogP contribution >= 0.6 is 0 Å². The molecular formula is C22H24N4O2. The van der Waals surface area contributed by atoms with Crippen LogP contribution in [0.15, 0.2) is 59.7 Å². The van der Waals surface area contributed by atoms with Crippen molar-refractivity contribution in [3.05, 3.63) is 76.5 Å². The molecular weight excluding hydrogens is 352 g/mol. The molecule has 0 amide bonds. The molecule has 28 heavy (non-hydrogen) atoms. The molecule has 0 aliphatic carbocycles. The number of rotatable bonds is 5. The summed E-state index contributed by atoms with van der Waals surface area (Å²) in [4.78, 5) is 26.3. The van der Waals surface area contributed by atoms with Crippen LogP contribution in [-0.2, 0) is 6.54 Å². The molecule has 0 saturated carbocycles. The largest absolute Gasteiger partial charge is 0.497 e. The number of hydrogen-bond donors (Lipinski definition) is 1.